The molecule has 15 atom stereocenters. The zero-order chi connectivity index (χ0) is 49.1. The number of ketones is 1. The van der Waals surface area contributed by atoms with Crippen LogP contribution in [-0.2, 0) is 56.7 Å². The molecule has 0 saturated carbocycles. The number of carbonyl (C=O) groups excluding carboxylic acids is 3. The minimum Gasteiger partial charge on any atom is -0.469 e. The van der Waals surface area contributed by atoms with Gasteiger partial charge in [0.2, 0.25) is 0 Å². The van der Waals surface area contributed by atoms with Crippen LogP contribution in [-0.4, -0.2) is 193 Å². The first-order valence-electron chi connectivity index (χ1n) is 22.6. The summed E-state index contributed by atoms with van der Waals surface area (Å²) in [5, 5.41) is 86.8. The summed E-state index contributed by atoms with van der Waals surface area (Å²) in [5.41, 5.74) is 0. The molecule has 376 valence electrons. The molecular weight excluding hydrogens is 901 g/mol. The summed E-state index contributed by atoms with van der Waals surface area (Å²) in [4.78, 5) is 37.7. The number of ether oxygens (including phenoxy) is 8. The molecule has 3 heterocycles. The lowest BCUT2D eigenvalue weighted by atomic mass is 9.95. The van der Waals surface area contributed by atoms with Crippen molar-refractivity contribution in [2.45, 2.75) is 163 Å². The van der Waals surface area contributed by atoms with Gasteiger partial charge in [-0.15, -0.1) is 0 Å². The molecule has 0 bridgehead atoms. The number of unbranched alkanes of at least 4 members (excludes halogenated alkanes) is 2. The number of benzene rings is 2. The minimum absolute atomic E-state index is 0.0570. The maximum Gasteiger partial charge on any atom is 0.306 e. The molecule has 3 aliphatic rings. The highest BCUT2D eigenvalue weighted by atomic mass is 28.4. The zero-order valence-corrected chi connectivity index (χ0v) is 39.5. The first-order valence-corrected chi connectivity index (χ1v) is 24.5. The topological polar surface area (TPSA) is 296 Å². The van der Waals surface area contributed by atoms with E-state index in [-0.39, 0.29) is 31.8 Å². The summed E-state index contributed by atoms with van der Waals surface area (Å²) in [7, 11) is -2.12. The van der Waals surface area contributed by atoms with Crippen LogP contribution in [0.3, 0.4) is 0 Å². The molecule has 0 aromatic heterocycles. The van der Waals surface area contributed by atoms with Gasteiger partial charge in [-0.25, -0.2) is 0 Å². The van der Waals surface area contributed by atoms with Gasteiger partial charge >= 0.3 is 11.9 Å². The van der Waals surface area contributed by atoms with E-state index in [1.54, 1.807) is 0 Å². The van der Waals surface area contributed by atoms with Crippen molar-refractivity contribution in [3.8, 4) is 0 Å². The first kappa shape index (κ1) is 54.6. The van der Waals surface area contributed by atoms with Crippen LogP contribution in [0.1, 0.15) is 66.2 Å². The molecule has 3 fully saturated rings. The second kappa shape index (κ2) is 25.0. The highest BCUT2D eigenvalue weighted by Gasteiger charge is 2.58. The molecule has 8 N–H and O–H groups in total. The fourth-order valence-electron chi connectivity index (χ4n) is 8.56. The molecular formula is C46H68O20Si. The number of methoxy groups -OCH3 is 1. The molecule has 21 heteroatoms. The summed E-state index contributed by atoms with van der Waals surface area (Å²) < 4.78 is 55.6. The van der Waals surface area contributed by atoms with Crippen LogP contribution in [0, 0.1) is 0 Å². The Morgan fingerprint density at radius 2 is 1.10 bits per heavy atom. The summed E-state index contributed by atoms with van der Waals surface area (Å²) >= 11 is 0. The summed E-state index contributed by atoms with van der Waals surface area (Å²) in [6.45, 7) is 5.38. The van der Waals surface area contributed by atoms with Crippen molar-refractivity contribution < 1.29 is 97.6 Å². The molecule has 2 aromatic rings. The number of aliphatic hydroxyl groups is 8. The van der Waals surface area contributed by atoms with Gasteiger partial charge in [-0.1, -0.05) is 87.9 Å². The number of rotatable bonds is 22. The van der Waals surface area contributed by atoms with Crippen molar-refractivity contribution in [3.63, 3.8) is 0 Å². The Morgan fingerprint density at radius 3 is 1.58 bits per heavy atom. The van der Waals surface area contributed by atoms with Crippen LogP contribution in [0.5, 0.6) is 0 Å². The Kier molecular flexibility index (Phi) is 20.4. The SMILES string of the molecule is COC(=O)CCCCCO[C@@H]1O[C@H](CO[Si](c2ccccc2)(c2ccccc2)C(C)(C)C)[C@H](OC(=O)CCC(C)=O)[C@H](O[C@H]2O[C@H](CO)[C@H](O)[C@H](O)[C@H]2O)[C@H]1O[C@H]1O[C@@H](CO)[C@@H](O)[C@@H](O)[C@@H]1O. The first-order chi connectivity index (χ1) is 31.9. The number of esters is 2. The average Bonchev–Trinajstić information content (AvgIpc) is 3.31. The van der Waals surface area contributed by atoms with Crippen molar-refractivity contribution in [2.75, 3.05) is 33.5 Å². The van der Waals surface area contributed by atoms with Gasteiger partial charge in [0.15, 0.2) is 25.0 Å². The molecule has 67 heavy (non-hydrogen) atoms. The summed E-state index contributed by atoms with van der Waals surface area (Å²) in [6, 6.07) is 19.2. The fraction of sp³-hybridized carbons (Fsp3) is 0.674. The van der Waals surface area contributed by atoms with E-state index in [0.29, 0.717) is 19.3 Å². The van der Waals surface area contributed by atoms with Crippen LogP contribution in [0.2, 0.25) is 5.04 Å². The second-order valence-electron chi connectivity index (χ2n) is 18.0. The lowest BCUT2D eigenvalue weighted by Crippen LogP contribution is -2.70. The highest BCUT2D eigenvalue weighted by molar-refractivity contribution is 6.99. The standard InChI is InChI=1S/C46H68O20Si/c1-26(49)20-21-33(51)64-40-31(25-60-67(46(2,3)4,27-15-9-6-10-16-27)28-17-11-7-12-18-28)63-45(59-22-14-8-13-19-32(50)58-5)42(66-44-39(57)37(55)35(53)30(24-48)62-44)41(40)65-43-38(56)36(54)34(52)29(23-47)61-43/h6-7,9-12,15-18,29-31,34-45,47-48,52-57H,8,13-14,19-25H2,1-5H3/t29-,30+,31-,34+,35-,36+,37-,38-,39+,40+,41+,42-,43-,44-,45-/m1/s1. The Morgan fingerprint density at radius 1 is 0.597 bits per heavy atom. The van der Waals surface area contributed by atoms with E-state index in [1.165, 1.54) is 14.0 Å². The predicted octanol–water partition coefficient (Wildman–Crippen LogP) is -1.31. The lowest BCUT2D eigenvalue weighted by Gasteiger charge is -2.50. The van der Waals surface area contributed by atoms with E-state index in [1.807, 2.05) is 81.4 Å². The van der Waals surface area contributed by atoms with Crippen LogP contribution >= 0.6 is 0 Å². The number of aliphatic hydroxyl groups excluding tert-OH is 8. The van der Waals surface area contributed by atoms with Crippen LogP contribution in [0.4, 0.5) is 0 Å². The number of carbonyl (C=O) groups is 3. The van der Waals surface area contributed by atoms with E-state index < -0.39 is 137 Å². The average molecular weight is 969 g/mol. The van der Waals surface area contributed by atoms with Crippen molar-refractivity contribution in [2.24, 2.45) is 0 Å². The molecule has 0 unspecified atom stereocenters. The Bertz CT molecular complexity index is 1790. The van der Waals surface area contributed by atoms with E-state index in [9.17, 15) is 55.2 Å². The molecule has 0 aliphatic carbocycles. The van der Waals surface area contributed by atoms with Crippen molar-refractivity contribution in [1.29, 1.82) is 0 Å². The van der Waals surface area contributed by atoms with Crippen molar-refractivity contribution in [3.05, 3.63) is 60.7 Å². The van der Waals surface area contributed by atoms with Crippen LogP contribution < -0.4 is 10.4 Å². The third-order valence-electron chi connectivity index (χ3n) is 12.2. The fourth-order valence-corrected chi connectivity index (χ4v) is 13.1. The smallest absolute Gasteiger partial charge is 0.306 e. The van der Waals surface area contributed by atoms with E-state index >= 15 is 0 Å². The molecule has 0 amide bonds. The molecule has 20 nitrogen and oxygen atoms in total. The third-order valence-corrected chi connectivity index (χ3v) is 17.2. The Hall–Kier alpha value is -3.33. The van der Waals surface area contributed by atoms with Gasteiger partial charge in [-0.3, -0.25) is 9.59 Å². The van der Waals surface area contributed by atoms with Crippen molar-refractivity contribution in [1.82, 2.24) is 0 Å². The molecule has 0 radical (unpaired) electrons. The molecule has 3 aliphatic heterocycles. The van der Waals surface area contributed by atoms with Gasteiger partial charge in [-0.05, 0) is 35.2 Å². The number of Topliss-reactive ketones (excluding diaryl/α,β-unsaturated/α-hetero) is 1. The van der Waals surface area contributed by atoms with E-state index in [0.717, 1.165) is 10.4 Å². The largest absolute Gasteiger partial charge is 0.469 e. The van der Waals surface area contributed by atoms with Gasteiger partial charge in [0, 0.05) is 19.4 Å². The maximum absolute atomic E-state index is 13.8. The minimum atomic E-state index is -3.40. The van der Waals surface area contributed by atoms with Gasteiger partial charge in [0.25, 0.3) is 8.32 Å². The normalized spacial score (nSPS) is 32.6. The van der Waals surface area contributed by atoms with Gasteiger partial charge in [0.05, 0.1) is 33.4 Å². The summed E-state index contributed by atoms with van der Waals surface area (Å²) in [5.74, 6) is -1.62. The Balaban J connectivity index is 1.65. The van der Waals surface area contributed by atoms with Crippen LogP contribution in [0.15, 0.2) is 60.7 Å². The Labute approximate surface area is 390 Å². The predicted molar refractivity (Wildman–Crippen MR) is 236 cm³/mol. The second-order valence-corrected chi connectivity index (χ2v) is 22.3. The van der Waals surface area contributed by atoms with Gasteiger partial charge < -0.3 is 88.0 Å². The van der Waals surface area contributed by atoms with Crippen molar-refractivity contribution >= 4 is 36.4 Å². The van der Waals surface area contributed by atoms with Gasteiger partial charge in [-0.2, -0.15) is 0 Å². The molecule has 3 saturated heterocycles. The quantitative estimate of drug-likeness (QED) is 0.0386. The molecule has 2 aromatic carbocycles. The van der Waals surface area contributed by atoms with Crippen LogP contribution in [0.25, 0.3) is 0 Å². The van der Waals surface area contributed by atoms with E-state index in [4.69, 9.17) is 42.3 Å². The molecule has 0 spiro atoms. The monoisotopic (exact) mass is 968 g/mol. The zero-order valence-electron chi connectivity index (χ0n) is 38.5. The lowest BCUT2D eigenvalue weighted by molar-refractivity contribution is -0.392. The highest BCUT2D eigenvalue weighted by Crippen LogP contribution is 2.40. The summed E-state index contributed by atoms with van der Waals surface area (Å²) in [6.07, 6.45) is -25.2. The molecule has 5 rings (SSSR count). The van der Waals surface area contributed by atoms with Gasteiger partial charge in [0.1, 0.15) is 72.9 Å². The third kappa shape index (κ3) is 13.3. The maximum atomic E-state index is 13.8. The van der Waals surface area contributed by atoms with E-state index in [2.05, 4.69) is 0 Å². The number of hydrogen-bond acceptors (Lipinski definition) is 20. The number of hydrogen-bond donors (Lipinski definition) is 8.